The predicted octanol–water partition coefficient (Wildman–Crippen LogP) is 5.57. The molecule has 0 radical (unpaired) electrons. The summed E-state index contributed by atoms with van der Waals surface area (Å²) in [5.74, 6) is 0.181. The molecule has 174 valence electrons. The quantitative estimate of drug-likeness (QED) is 0.435. The van der Waals surface area contributed by atoms with E-state index >= 15 is 0 Å². The zero-order chi connectivity index (χ0) is 24.1. The molecular formula is C25H27NO6S. The van der Waals surface area contributed by atoms with Gasteiger partial charge in [0.2, 0.25) is 5.75 Å². The molecule has 0 bridgehead atoms. The van der Waals surface area contributed by atoms with Gasteiger partial charge in [0, 0.05) is 16.0 Å². The number of anilines is 1. The number of aryl methyl sites for hydroxylation is 1. The molecule has 0 unspecified atom stereocenters. The summed E-state index contributed by atoms with van der Waals surface area (Å²) in [4.78, 5) is 27.1. The monoisotopic (exact) mass is 469 g/mol. The largest absolute Gasteiger partial charge is 0.493 e. The number of esters is 1. The molecule has 3 aromatic rings. The topological polar surface area (TPSA) is 83.1 Å². The van der Waals surface area contributed by atoms with E-state index in [4.69, 9.17) is 18.9 Å². The average molecular weight is 470 g/mol. The van der Waals surface area contributed by atoms with Crippen LogP contribution in [0.1, 0.15) is 39.4 Å². The first-order valence-corrected chi connectivity index (χ1v) is 11.1. The summed E-state index contributed by atoms with van der Waals surface area (Å²) in [5.41, 5.74) is 2.24. The lowest BCUT2D eigenvalue weighted by Crippen LogP contribution is -2.17. The molecule has 8 heteroatoms. The van der Waals surface area contributed by atoms with E-state index in [0.29, 0.717) is 33.4 Å². The first-order valence-electron chi connectivity index (χ1n) is 10.3. The van der Waals surface area contributed by atoms with Gasteiger partial charge < -0.3 is 24.3 Å². The highest BCUT2D eigenvalue weighted by molar-refractivity contribution is 7.17. The van der Waals surface area contributed by atoms with Gasteiger partial charge in [-0.05, 0) is 38.5 Å². The van der Waals surface area contributed by atoms with Crippen molar-refractivity contribution in [2.24, 2.45) is 0 Å². The zero-order valence-electron chi connectivity index (χ0n) is 19.5. The maximum absolute atomic E-state index is 13.2. The minimum absolute atomic E-state index is 0.292. The lowest BCUT2D eigenvalue weighted by Gasteiger charge is -2.14. The van der Waals surface area contributed by atoms with Gasteiger partial charge in [-0.15, -0.1) is 11.3 Å². The molecule has 0 atom stereocenters. The van der Waals surface area contributed by atoms with Crippen LogP contribution < -0.4 is 19.5 Å². The fraction of sp³-hybridized carbons (Fsp3) is 0.280. The Kier molecular flexibility index (Phi) is 7.60. The Labute approximate surface area is 197 Å². The minimum atomic E-state index is -0.492. The standard InChI is InChI=1S/C25H27NO6S/c1-14(2)32-25(28)21-20(16-10-8-7-9-11-16)15(3)33-24(21)26-23(27)17-12-18(29-4)22(31-6)19(13-17)30-5/h7-14H,1-6H3,(H,26,27). The van der Waals surface area contributed by atoms with Crippen LogP contribution >= 0.6 is 11.3 Å². The molecule has 0 saturated heterocycles. The van der Waals surface area contributed by atoms with Crippen molar-refractivity contribution in [3.05, 3.63) is 58.5 Å². The van der Waals surface area contributed by atoms with Gasteiger partial charge >= 0.3 is 5.97 Å². The summed E-state index contributed by atoms with van der Waals surface area (Å²) < 4.78 is 21.5. The molecule has 7 nitrogen and oxygen atoms in total. The fourth-order valence-electron chi connectivity index (χ4n) is 3.44. The van der Waals surface area contributed by atoms with Gasteiger partial charge in [0.25, 0.3) is 5.91 Å². The highest BCUT2D eigenvalue weighted by atomic mass is 32.1. The van der Waals surface area contributed by atoms with E-state index < -0.39 is 11.9 Å². The number of thiophene rings is 1. The van der Waals surface area contributed by atoms with E-state index in [0.717, 1.165) is 16.0 Å². The molecule has 1 amide bonds. The van der Waals surface area contributed by atoms with Crippen molar-refractivity contribution in [2.75, 3.05) is 26.6 Å². The molecule has 1 aromatic heterocycles. The van der Waals surface area contributed by atoms with E-state index in [1.54, 1.807) is 26.0 Å². The molecule has 0 aliphatic carbocycles. The zero-order valence-corrected chi connectivity index (χ0v) is 20.3. The molecular weight excluding hydrogens is 442 g/mol. The smallest absolute Gasteiger partial charge is 0.342 e. The minimum Gasteiger partial charge on any atom is -0.493 e. The highest BCUT2D eigenvalue weighted by Gasteiger charge is 2.27. The highest BCUT2D eigenvalue weighted by Crippen LogP contribution is 2.42. The first kappa shape index (κ1) is 24.1. The van der Waals surface area contributed by atoms with Crippen LogP contribution in [0.4, 0.5) is 5.00 Å². The summed E-state index contributed by atoms with van der Waals surface area (Å²) in [6, 6.07) is 12.7. The number of hydrogen-bond acceptors (Lipinski definition) is 7. The van der Waals surface area contributed by atoms with Crippen LogP contribution in [0, 0.1) is 6.92 Å². The van der Waals surface area contributed by atoms with Crippen molar-refractivity contribution in [3.8, 4) is 28.4 Å². The van der Waals surface area contributed by atoms with Gasteiger partial charge in [0.1, 0.15) is 10.6 Å². The maximum Gasteiger partial charge on any atom is 0.342 e. The summed E-state index contributed by atoms with van der Waals surface area (Å²) in [6.07, 6.45) is -0.306. The number of hydrogen-bond donors (Lipinski definition) is 1. The van der Waals surface area contributed by atoms with Crippen molar-refractivity contribution in [1.82, 2.24) is 0 Å². The third-order valence-corrected chi connectivity index (χ3v) is 5.87. The molecule has 0 aliphatic heterocycles. The average Bonchev–Trinajstić information content (AvgIpc) is 3.13. The molecule has 0 fully saturated rings. The summed E-state index contributed by atoms with van der Waals surface area (Å²) in [5, 5.41) is 3.29. The predicted molar refractivity (Wildman–Crippen MR) is 129 cm³/mol. The molecule has 1 N–H and O–H groups in total. The van der Waals surface area contributed by atoms with Gasteiger partial charge in [-0.2, -0.15) is 0 Å². The SMILES string of the molecule is COc1cc(C(=O)Nc2sc(C)c(-c3ccccc3)c2C(=O)OC(C)C)cc(OC)c1OC. The Bertz CT molecular complexity index is 1130. The van der Waals surface area contributed by atoms with Gasteiger partial charge in [0.15, 0.2) is 11.5 Å². The van der Waals surface area contributed by atoms with Gasteiger partial charge in [-0.1, -0.05) is 30.3 Å². The molecule has 33 heavy (non-hydrogen) atoms. The van der Waals surface area contributed by atoms with Crippen LogP contribution in [0.25, 0.3) is 11.1 Å². The first-order chi connectivity index (χ1) is 15.8. The molecule has 3 rings (SSSR count). The lowest BCUT2D eigenvalue weighted by molar-refractivity contribution is 0.0380. The fourth-order valence-corrected chi connectivity index (χ4v) is 4.50. The molecule has 0 aliphatic rings. The van der Waals surface area contributed by atoms with Gasteiger partial charge in [-0.3, -0.25) is 4.79 Å². The van der Waals surface area contributed by atoms with Crippen LogP contribution in [-0.2, 0) is 4.74 Å². The number of amides is 1. The van der Waals surface area contributed by atoms with Crippen molar-refractivity contribution in [2.45, 2.75) is 26.9 Å². The Hall–Kier alpha value is -3.52. The van der Waals surface area contributed by atoms with Crippen LogP contribution in [-0.4, -0.2) is 39.3 Å². The Morgan fingerprint density at radius 1 is 0.939 bits per heavy atom. The van der Waals surface area contributed by atoms with Gasteiger partial charge in [-0.25, -0.2) is 4.79 Å². The van der Waals surface area contributed by atoms with Crippen LogP contribution in [0.2, 0.25) is 0 Å². The molecule has 0 spiro atoms. The van der Waals surface area contributed by atoms with Crippen LogP contribution in [0.5, 0.6) is 17.2 Å². The van der Waals surface area contributed by atoms with Crippen molar-refractivity contribution < 1.29 is 28.5 Å². The summed E-state index contributed by atoms with van der Waals surface area (Å²) in [7, 11) is 4.45. The second kappa shape index (κ2) is 10.4. The van der Waals surface area contributed by atoms with E-state index in [1.165, 1.54) is 32.7 Å². The normalized spacial score (nSPS) is 10.6. The van der Waals surface area contributed by atoms with E-state index in [2.05, 4.69) is 5.32 Å². The van der Waals surface area contributed by atoms with E-state index in [-0.39, 0.29) is 6.10 Å². The third kappa shape index (κ3) is 5.12. The molecule has 1 heterocycles. The van der Waals surface area contributed by atoms with E-state index in [9.17, 15) is 9.59 Å². The second-order valence-corrected chi connectivity index (χ2v) is 8.65. The maximum atomic E-state index is 13.2. The molecule has 2 aromatic carbocycles. The number of methoxy groups -OCH3 is 3. The van der Waals surface area contributed by atoms with E-state index in [1.807, 2.05) is 37.3 Å². The van der Waals surface area contributed by atoms with Gasteiger partial charge in [0.05, 0.1) is 27.4 Å². The second-order valence-electron chi connectivity index (χ2n) is 7.43. The lowest BCUT2D eigenvalue weighted by atomic mass is 10.0. The number of carbonyl (C=O) groups excluding carboxylic acids is 2. The number of nitrogens with one attached hydrogen (secondary N) is 1. The summed E-state index contributed by atoms with van der Waals surface area (Å²) >= 11 is 1.32. The van der Waals surface area contributed by atoms with Crippen LogP contribution in [0.3, 0.4) is 0 Å². The Morgan fingerprint density at radius 3 is 2.06 bits per heavy atom. The summed E-state index contributed by atoms with van der Waals surface area (Å²) in [6.45, 7) is 5.48. The number of carbonyl (C=O) groups is 2. The number of rotatable bonds is 8. The van der Waals surface area contributed by atoms with Crippen molar-refractivity contribution >= 4 is 28.2 Å². The third-order valence-electron chi connectivity index (χ3n) is 4.85. The Balaban J connectivity index is 2.07. The molecule has 0 saturated carbocycles. The Morgan fingerprint density at radius 2 is 1.55 bits per heavy atom. The van der Waals surface area contributed by atoms with Crippen molar-refractivity contribution in [3.63, 3.8) is 0 Å². The number of ether oxygens (including phenoxy) is 4. The van der Waals surface area contributed by atoms with Crippen molar-refractivity contribution in [1.29, 1.82) is 0 Å². The van der Waals surface area contributed by atoms with Crippen LogP contribution in [0.15, 0.2) is 42.5 Å². The number of benzene rings is 2.